The van der Waals surface area contributed by atoms with E-state index in [1.54, 1.807) is 0 Å². The van der Waals surface area contributed by atoms with Crippen molar-refractivity contribution in [3.8, 4) is 0 Å². The number of hydrogen-bond acceptors (Lipinski definition) is 1. The fourth-order valence-corrected chi connectivity index (χ4v) is 3.41. The molecule has 0 heterocycles. The quantitative estimate of drug-likeness (QED) is 0.747. The Morgan fingerprint density at radius 1 is 1.12 bits per heavy atom. The van der Waals surface area contributed by atoms with Gasteiger partial charge < -0.3 is 5.32 Å². The molecule has 3 unspecified atom stereocenters. The van der Waals surface area contributed by atoms with Crippen LogP contribution in [0.3, 0.4) is 0 Å². The highest BCUT2D eigenvalue weighted by atomic mass is 14.9. The monoisotopic (exact) mass is 223 g/mol. The molecule has 2 aliphatic carbocycles. The third kappa shape index (κ3) is 3.23. The van der Waals surface area contributed by atoms with Crippen LogP contribution in [-0.2, 0) is 0 Å². The predicted molar refractivity (Wildman–Crippen MR) is 70.5 cm³/mol. The Morgan fingerprint density at radius 2 is 1.88 bits per heavy atom. The van der Waals surface area contributed by atoms with Crippen molar-refractivity contribution in [1.29, 1.82) is 0 Å². The summed E-state index contributed by atoms with van der Waals surface area (Å²) in [5.41, 5.74) is 0. The molecule has 1 heteroatoms. The van der Waals surface area contributed by atoms with Gasteiger partial charge in [-0.25, -0.2) is 0 Å². The van der Waals surface area contributed by atoms with E-state index in [-0.39, 0.29) is 0 Å². The Kier molecular flexibility index (Phi) is 4.29. The Bertz CT molecular complexity index is 207. The maximum absolute atomic E-state index is 3.74. The van der Waals surface area contributed by atoms with E-state index in [0.717, 1.165) is 29.7 Å². The maximum Gasteiger partial charge on any atom is 0.00683 e. The van der Waals surface area contributed by atoms with Gasteiger partial charge in [0.05, 0.1) is 0 Å². The lowest BCUT2D eigenvalue weighted by Gasteiger charge is -2.38. The third-order valence-electron chi connectivity index (χ3n) is 4.84. The summed E-state index contributed by atoms with van der Waals surface area (Å²) in [6.45, 7) is 8.51. The molecular formula is C15H29N. The average molecular weight is 223 g/mol. The van der Waals surface area contributed by atoms with Gasteiger partial charge in [0, 0.05) is 6.04 Å². The van der Waals surface area contributed by atoms with Crippen LogP contribution in [0.4, 0.5) is 0 Å². The second-order valence-electron chi connectivity index (χ2n) is 6.44. The topological polar surface area (TPSA) is 12.0 Å². The maximum atomic E-state index is 3.74. The number of nitrogens with one attached hydrogen (secondary N) is 1. The minimum atomic E-state index is 0.875. The zero-order valence-corrected chi connectivity index (χ0v) is 11.3. The summed E-state index contributed by atoms with van der Waals surface area (Å²) in [6.07, 6.45) is 8.70. The SMILES string of the molecule is CCC1CCC(CNC2CC2)C(C(C)C)C1. The summed E-state index contributed by atoms with van der Waals surface area (Å²) >= 11 is 0. The lowest BCUT2D eigenvalue weighted by atomic mass is 9.69. The Morgan fingerprint density at radius 3 is 2.44 bits per heavy atom. The summed E-state index contributed by atoms with van der Waals surface area (Å²) in [5, 5.41) is 3.74. The van der Waals surface area contributed by atoms with Gasteiger partial charge in [-0.05, 0) is 55.9 Å². The van der Waals surface area contributed by atoms with Gasteiger partial charge in [0.25, 0.3) is 0 Å². The molecule has 0 bridgehead atoms. The number of rotatable bonds is 5. The first-order valence-corrected chi connectivity index (χ1v) is 7.44. The van der Waals surface area contributed by atoms with E-state index in [1.807, 2.05) is 0 Å². The molecule has 94 valence electrons. The van der Waals surface area contributed by atoms with E-state index >= 15 is 0 Å². The van der Waals surface area contributed by atoms with Crippen LogP contribution in [0, 0.1) is 23.7 Å². The molecule has 0 aromatic heterocycles. The molecule has 16 heavy (non-hydrogen) atoms. The summed E-state index contributed by atoms with van der Waals surface area (Å²) in [4.78, 5) is 0. The fraction of sp³-hybridized carbons (Fsp3) is 1.00. The molecule has 2 aliphatic rings. The van der Waals surface area contributed by atoms with E-state index in [1.165, 1.54) is 45.1 Å². The molecule has 1 N–H and O–H groups in total. The molecule has 3 atom stereocenters. The molecule has 0 spiro atoms. The lowest BCUT2D eigenvalue weighted by Crippen LogP contribution is -2.36. The first-order valence-electron chi connectivity index (χ1n) is 7.44. The van der Waals surface area contributed by atoms with E-state index in [0.29, 0.717) is 0 Å². The van der Waals surface area contributed by atoms with Gasteiger partial charge in [0.15, 0.2) is 0 Å². The minimum absolute atomic E-state index is 0.875. The van der Waals surface area contributed by atoms with Crippen molar-refractivity contribution < 1.29 is 0 Å². The van der Waals surface area contributed by atoms with Gasteiger partial charge in [-0.3, -0.25) is 0 Å². The van der Waals surface area contributed by atoms with Crippen molar-refractivity contribution in [2.45, 2.75) is 65.3 Å². The molecule has 0 amide bonds. The van der Waals surface area contributed by atoms with E-state index < -0.39 is 0 Å². The first kappa shape index (κ1) is 12.4. The van der Waals surface area contributed by atoms with E-state index in [9.17, 15) is 0 Å². The van der Waals surface area contributed by atoms with E-state index in [4.69, 9.17) is 0 Å². The van der Waals surface area contributed by atoms with Crippen LogP contribution >= 0.6 is 0 Å². The second-order valence-corrected chi connectivity index (χ2v) is 6.44. The highest BCUT2D eigenvalue weighted by Crippen LogP contribution is 2.39. The lowest BCUT2D eigenvalue weighted by molar-refractivity contribution is 0.130. The van der Waals surface area contributed by atoms with Crippen molar-refractivity contribution >= 4 is 0 Å². The predicted octanol–water partition coefficient (Wildman–Crippen LogP) is 3.84. The Balaban J connectivity index is 1.83. The second kappa shape index (κ2) is 5.53. The van der Waals surface area contributed by atoms with Crippen LogP contribution < -0.4 is 5.32 Å². The van der Waals surface area contributed by atoms with Crippen molar-refractivity contribution in [3.05, 3.63) is 0 Å². The fourth-order valence-electron chi connectivity index (χ4n) is 3.41. The van der Waals surface area contributed by atoms with E-state index in [2.05, 4.69) is 26.1 Å². The van der Waals surface area contributed by atoms with Crippen LogP contribution in [-0.4, -0.2) is 12.6 Å². The van der Waals surface area contributed by atoms with Crippen LogP contribution in [0.1, 0.15) is 59.3 Å². The zero-order valence-electron chi connectivity index (χ0n) is 11.3. The van der Waals surface area contributed by atoms with Crippen molar-refractivity contribution in [3.63, 3.8) is 0 Å². The molecule has 2 saturated carbocycles. The number of hydrogen-bond donors (Lipinski definition) is 1. The summed E-state index contributed by atoms with van der Waals surface area (Å²) < 4.78 is 0. The highest BCUT2D eigenvalue weighted by molar-refractivity contribution is 4.86. The van der Waals surface area contributed by atoms with Gasteiger partial charge in [-0.15, -0.1) is 0 Å². The third-order valence-corrected chi connectivity index (χ3v) is 4.84. The molecule has 1 nitrogen and oxygen atoms in total. The van der Waals surface area contributed by atoms with Gasteiger partial charge in [-0.1, -0.05) is 33.6 Å². The summed E-state index contributed by atoms with van der Waals surface area (Å²) in [7, 11) is 0. The van der Waals surface area contributed by atoms with Crippen LogP contribution in [0.2, 0.25) is 0 Å². The highest BCUT2D eigenvalue weighted by Gasteiger charge is 2.32. The molecular weight excluding hydrogens is 194 g/mol. The van der Waals surface area contributed by atoms with Crippen molar-refractivity contribution in [2.24, 2.45) is 23.7 Å². The molecule has 0 aromatic rings. The molecule has 2 rings (SSSR count). The van der Waals surface area contributed by atoms with Crippen molar-refractivity contribution in [2.75, 3.05) is 6.54 Å². The molecule has 2 fully saturated rings. The van der Waals surface area contributed by atoms with Gasteiger partial charge in [-0.2, -0.15) is 0 Å². The first-order chi connectivity index (χ1) is 7.70. The van der Waals surface area contributed by atoms with Gasteiger partial charge >= 0.3 is 0 Å². The Hall–Kier alpha value is -0.0400. The van der Waals surface area contributed by atoms with Gasteiger partial charge in [0.2, 0.25) is 0 Å². The molecule has 0 radical (unpaired) electrons. The largest absolute Gasteiger partial charge is 0.314 e. The normalized spacial score (nSPS) is 35.6. The molecule has 0 aromatic carbocycles. The minimum Gasteiger partial charge on any atom is -0.314 e. The average Bonchev–Trinajstić information content (AvgIpc) is 3.09. The summed E-state index contributed by atoms with van der Waals surface area (Å²) in [5.74, 6) is 3.83. The van der Waals surface area contributed by atoms with Crippen LogP contribution in [0.15, 0.2) is 0 Å². The smallest absolute Gasteiger partial charge is 0.00683 e. The molecule has 0 saturated heterocycles. The molecule has 0 aliphatic heterocycles. The van der Waals surface area contributed by atoms with Crippen molar-refractivity contribution in [1.82, 2.24) is 5.32 Å². The standard InChI is InChI=1S/C15H29N/c1-4-12-5-6-13(10-16-14-7-8-14)15(9-12)11(2)3/h11-16H,4-10H2,1-3H3. The zero-order chi connectivity index (χ0) is 11.5. The Labute approximate surface area is 101 Å². The van der Waals surface area contributed by atoms with Gasteiger partial charge in [0.1, 0.15) is 0 Å². The summed E-state index contributed by atoms with van der Waals surface area (Å²) in [6, 6.07) is 0.886. The van der Waals surface area contributed by atoms with Crippen LogP contribution in [0.25, 0.3) is 0 Å². The van der Waals surface area contributed by atoms with Crippen LogP contribution in [0.5, 0.6) is 0 Å².